The van der Waals surface area contributed by atoms with Gasteiger partial charge < -0.3 is 14.2 Å². The van der Waals surface area contributed by atoms with Gasteiger partial charge >= 0.3 is 5.97 Å². The zero-order chi connectivity index (χ0) is 15.9. The van der Waals surface area contributed by atoms with Gasteiger partial charge in [-0.2, -0.15) is 0 Å². The highest BCUT2D eigenvalue weighted by atomic mass is 16.5. The molecular formula is C16H22N2O4. The van der Waals surface area contributed by atoms with E-state index in [-0.39, 0.29) is 17.9 Å². The molecule has 1 aromatic rings. The van der Waals surface area contributed by atoms with Crippen LogP contribution in [0.1, 0.15) is 53.9 Å². The SMILES string of the molecule is COC(=O)[C@@H]1C[C@@H]2CCCC[C@H]2N1C(=O)c1c(C)noc1C. The molecule has 3 atom stereocenters. The quantitative estimate of drug-likeness (QED) is 0.783. The number of rotatable bonds is 2. The zero-order valence-corrected chi connectivity index (χ0v) is 13.3. The Kier molecular flexibility index (Phi) is 3.93. The average molecular weight is 306 g/mol. The van der Waals surface area contributed by atoms with Crippen molar-refractivity contribution >= 4 is 11.9 Å². The number of methoxy groups -OCH3 is 1. The van der Waals surface area contributed by atoms with Crippen molar-refractivity contribution in [2.45, 2.75) is 58.0 Å². The minimum absolute atomic E-state index is 0.124. The first-order valence-electron chi connectivity index (χ1n) is 7.88. The number of hydrogen-bond acceptors (Lipinski definition) is 5. The van der Waals surface area contributed by atoms with E-state index in [1.807, 2.05) is 0 Å². The number of aryl methyl sites for hydroxylation is 2. The second-order valence-corrected chi connectivity index (χ2v) is 6.30. The maximum atomic E-state index is 13.1. The maximum Gasteiger partial charge on any atom is 0.328 e. The lowest BCUT2D eigenvalue weighted by Gasteiger charge is -2.33. The van der Waals surface area contributed by atoms with Crippen LogP contribution in [-0.4, -0.2) is 41.1 Å². The summed E-state index contributed by atoms with van der Waals surface area (Å²) in [7, 11) is 1.38. The molecule has 2 aliphatic rings. The van der Waals surface area contributed by atoms with Crippen molar-refractivity contribution in [2.24, 2.45) is 5.92 Å². The minimum Gasteiger partial charge on any atom is -0.467 e. The fourth-order valence-electron chi connectivity index (χ4n) is 4.02. The van der Waals surface area contributed by atoms with Crippen molar-refractivity contribution in [3.8, 4) is 0 Å². The lowest BCUT2D eigenvalue weighted by Crippen LogP contribution is -2.46. The van der Waals surface area contributed by atoms with E-state index < -0.39 is 6.04 Å². The van der Waals surface area contributed by atoms with Gasteiger partial charge in [0.05, 0.1) is 12.8 Å². The van der Waals surface area contributed by atoms with Crippen molar-refractivity contribution in [1.29, 1.82) is 0 Å². The number of nitrogens with zero attached hydrogens (tertiary/aromatic N) is 2. The molecule has 2 fully saturated rings. The summed E-state index contributed by atoms with van der Waals surface area (Å²) < 4.78 is 10.0. The molecule has 1 aliphatic carbocycles. The Hall–Kier alpha value is -1.85. The summed E-state index contributed by atoms with van der Waals surface area (Å²) >= 11 is 0. The Morgan fingerprint density at radius 3 is 2.64 bits per heavy atom. The van der Waals surface area contributed by atoms with Gasteiger partial charge in [-0.15, -0.1) is 0 Å². The molecule has 1 saturated carbocycles. The molecular weight excluding hydrogens is 284 g/mol. The van der Waals surface area contributed by atoms with Gasteiger partial charge in [-0.05, 0) is 39.0 Å². The smallest absolute Gasteiger partial charge is 0.328 e. The molecule has 6 heteroatoms. The van der Waals surface area contributed by atoms with Gasteiger partial charge in [-0.1, -0.05) is 18.0 Å². The lowest BCUT2D eigenvalue weighted by molar-refractivity contribution is -0.145. The summed E-state index contributed by atoms with van der Waals surface area (Å²) in [6, 6.07) is -0.363. The molecule has 0 N–H and O–H groups in total. The van der Waals surface area contributed by atoms with Crippen LogP contribution in [0.25, 0.3) is 0 Å². The maximum absolute atomic E-state index is 13.1. The molecule has 1 amide bonds. The summed E-state index contributed by atoms with van der Waals surface area (Å²) in [5.74, 6) is 0.420. The fraction of sp³-hybridized carbons (Fsp3) is 0.688. The van der Waals surface area contributed by atoms with Gasteiger partial charge in [0.15, 0.2) is 0 Å². The molecule has 6 nitrogen and oxygen atoms in total. The van der Waals surface area contributed by atoms with E-state index >= 15 is 0 Å². The van der Waals surface area contributed by atoms with E-state index in [4.69, 9.17) is 9.26 Å². The minimum atomic E-state index is -0.487. The molecule has 0 unspecified atom stereocenters. The summed E-state index contributed by atoms with van der Waals surface area (Å²) in [6.45, 7) is 3.49. The number of esters is 1. The van der Waals surface area contributed by atoms with E-state index in [0.29, 0.717) is 29.4 Å². The van der Waals surface area contributed by atoms with Crippen molar-refractivity contribution in [3.63, 3.8) is 0 Å². The van der Waals surface area contributed by atoms with Gasteiger partial charge in [0.1, 0.15) is 17.4 Å². The zero-order valence-electron chi connectivity index (χ0n) is 13.3. The fourth-order valence-corrected chi connectivity index (χ4v) is 4.02. The number of hydrogen-bond donors (Lipinski definition) is 0. The van der Waals surface area contributed by atoms with Gasteiger partial charge in [-0.3, -0.25) is 4.79 Å². The van der Waals surface area contributed by atoms with Crippen LogP contribution in [0.5, 0.6) is 0 Å². The van der Waals surface area contributed by atoms with E-state index in [0.717, 1.165) is 19.3 Å². The van der Waals surface area contributed by atoms with E-state index in [1.165, 1.54) is 13.5 Å². The van der Waals surface area contributed by atoms with E-state index in [2.05, 4.69) is 5.16 Å². The van der Waals surface area contributed by atoms with Gasteiger partial charge in [-0.25, -0.2) is 4.79 Å². The molecule has 120 valence electrons. The molecule has 22 heavy (non-hydrogen) atoms. The third-order valence-electron chi connectivity index (χ3n) is 5.04. The highest BCUT2D eigenvalue weighted by Crippen LogP contribution is 2.41. The standard InChI is InChI=1S/C16H22N2O4/c1-9-14(10(2)22-17-9)15(19)18-12-7-5-4-6-11(12)8-13(18)16(20)21-3/h11-13H,4-8H2,1-3H3/t11-,12+,13-/m0/s1. The average Bonchev–Trinajstić information content (AvgIpc) is 3.06. The van der Waals surface area contributed by atoms with Crippen LogP contribution < -0.4 is 0 Å². The van der Waals surface area contributed by atoms with Crippen LogP contribution in [0.4, 0.5) is 0 Å². The second kappa shape index (κ2) is 5.74. The lowest BCUT2D eigenvalue weighted by atomic mass is 9.84. The summed E-state index contributed by atoms with van der Waals surface area (Å²) in [5, 5.41) is 3.86. The molecule has 0 bridgehead atoms. The van der Waals surface area contributed by atoms with Crippen LogP contribution in [0.15, 0.2) is 4.52 Å². The topological polar surface area (TPSA) is 72.6 Å². The third-order valence-corrected chi connectivity index (χ3v) is 5.04. The summed E-state index contributed by atoms with van der Waals surface area (Å²) in [4.78, 5) is 26.9. The number of ether oxygens (including phenoxy) is 1. The van der Waals surface area contributed by atoms with Crippen LogP contribution in [0, 0.1) is 19.8 Å². The molecule has 1 aromatic heterocycles. The number of likely N-dealkylation sites (tertiary alicyclic amines) is 1. The number of aromatic nitrogens is 1. The van der Waals surface area contributed by atoms with Crippen LogP contribution in [0.3, 0.4) is 0 Å². The largest absolute Gasteiger partial charge is 0.467 e. The van der Waals surface area contributed by atoms with Crippen LogP contribution in [0.2, 0.25) is 0 Å². The molecule has 3 rings (SSSR count). The Morgan fingerprint density at radius 1 is 1.27 bits per heavy atom. The normalized spacial score (nSPS) is 27.6. The molecule has 0 radical (unpaired) electrons. The van der Waals surface area contributed by atoms with E-state index in [9.17, 15) is 9.59 Å². The molecule has 0 aromatic carbocycles. The van der Waals surface area contributed by atoms with Crippen molar-refractivity contribution in [3.05, 3.63) is 17.0 Å². The summed E-state index contributed by atoms with van der Waals surface area (Å²) in [5.41, 5.74) is 1.06. The third kappa shape index (κ3) is 2.30. The number of carbonyl (C=O) groups is 2. The Morgan fingerprint density at radius 2 is 2.00 bits per heavy atom. The first kappa shape index (κ1) is 15.1. The predicted molar refractivity (Wildman–Crippen MR) is 78.3 cm³/mol. The van der Waals surface area contributed by atoms with E-state index in [1.54, 1.807) is 18.7 Å². The van der Waals surface area contributed by atoms with Gasteiger partial charge in [0.25, 0.3) is 5.91 Å². The van der Waals surface area contributed by atoms with Gasteiger partial charge in [0, 0.05) is 6.04 Å². The molecule has 1 aliphatic heterocycles. The molecule has 2 heterocycles. The van der Waals surface area contributed by atoms with Gasteiger partial charge in [0.2, 0.25) is 0 Å². The highest BCUT2D eigenvalue weighted by molar-refractivity contribution is 5.99. The van der Waals surface area contributed by atoms with Crippen LogP contribution in [-0.2, 0) is 9.53 Å². The summed E-state index contributed by atoms with van der Waals surface area (Å²) in [6.07, 6.45) is 4.99. The monoisotopic (exact) mass is 306 g/mol. The predicted octanol–water partition coefficient (Wildman–Crippen LogP) is 2.24. The van der Waals surface area contributed by atoms with Crippen molar-refractivity contribution in [2.75, 3.05) is 7.11 Å². The van der Waals surface area contributed by atoms with Crippen molar-refractivity contribution in [1.82, 2.24) is 10.1 Å². The molecule has 0 spiro atoms. The van der Waals surface area contributed by atoms with Crippen LogP contribution >= 0.6 is 0 Å². The number of amides is 1. The first-order chi connectivity index (χ1) is 10.5. The number of carbonyl (C=O) groups excluding carboxylic acids is 2. The Labute approximate surface area is 129 Å². The van der Waals surface area contributed by atoms with Crippen molar-refractivity contribution < 1.29 is 18.8 Å². The highest BCUT2D eigenvalue weighted by Gasteiger charge is 2.48. The first-order valence-corrected chi connectivity index (χ1v) is 7.88. The number of fused-ring (bicyclic) bond motifs is 1. The Bertz CT molecular complexity index is 575. The molecule has 1 saturated heterocycles. The second-order valence-electron chi connectivity index (χ2n) is 6.30. The Balaban J connectivity index is 1.96.